The largest absolute Gasteiger partial charge is 0.346 e. The van der Waals surface area contributed by atoms with E-state index in [1.54, 1.807) is 0 Å². The standard InChI is InChI=1S/C17H24N4O2/c22-16(18-13-8-9-13)15-19-17(23-20-15)14-7-4-10-21(14)11-12-5-2-1-3-6-12/h5,13-14H,1-4,6-11H2,(H,18,22)/t14-/m0/s1. The fourth-order valence-electron chi connectivity index (χ4n) is 3.54. The monoisotopic (exact) mass is 316 g/mol. The van der Waals surface area contributed by atoms with Gasteiger partial charge in [-0.15, -0.1) is 0 Å². The predicted octanol–water partition coefficient (Wildman–Crippen LogP) is 2.60. The molecule has 0 radical (unpaired) electrons. The number of nitrogens with one attached hydrogen (secondary N) is 1. The molecule has 0 bridgehead atoms. The molecule has 4 rings (SSSR count). The number of aromatic nitrogens is 2. The summed E-state index contributed by atoms with van der Waals surface area (Å²) in [6.07, 6.45) is 11.7. The number of nitrogens with zero attached hydrogens (tertiary/aromatic N) is 3. The highest BCUT2D eigenvalue weighted by Crippen LogP contribution is 2.32. The second-order valence-electron chi connectivity index (χ2n) is 6.94. The van der Waals surface area contributed by atoms with E-state index in [4.69, 9.17) is 4.52 Å². The van der Waals surface area contributed by atoms with E-state index >= 15 is 0 Å². The number of likely N-dealkylation sites (tertiary alicyclic amines) is 1. The molecule has 6 heteroatoms. The number of carbonyl (C=O) groups excluding carboxylic acids is 1. The van der Waals surface area contributed by atoms with Crippen molar-refractivity contribution in [3.8, 4) is 0 Å². The molecule has 2 aliphatic carbocycles. The van der Waals surface area contributed by atoms with Crippen LogP contribution in [0, 0.1) is 0 Å². The first kappa shape index (κ1) is 14.9. The molecule has 2 heterocycles. The third-order valence-corrected chi connectivity index (χ3v) is 5.00. The molecule has 1 aliphatic heterocycles. The van der Waals surface area contributed by atoms with Crippen molar-refractivity contribution in [2.75, 3.05) is 13.1 Å². The Labute approximate surface area is 136 Å². The molecule has 1 atom stereocenters. The molecule has 1 aromatic heterocycles. The van der Waals surface area contributed by atoms with Gasteiger partial charge in [0.15, 0.2) is 0 Å². The quantitative estimate of drug-likeness (QED) is 0.846. The highest BCUT2D eigenvalue weighted by Gasteiger charge is 2.32. The van der Waals surface area contributed by atoms with Gasteiger partial charge in [0, 0.05) is 12.6 Å². The minimum Gasteiger partial charge on any atom is -0.346 e. The molecule has 0 aromatic carbocycles. The zero-order chi connectivity index (χ0) is 15.6. The van der Waals surface area contributed by atoms with E-state index in [-0.39, 0.29) is 17.8 Å². The average Bonchev–Trinajstić information content (AvgIpc) is 3.07. The Morgan fingerprint density at radius 2 is 2.22 bits per heavy atom. The van der Waals surface area contributed by atoms with Crippen molar-refractivity contribution in [3.05, 3.63) is 23.4 Å². The van der Waals surface area contributed by atoms with Gasteiger partial charge >= 0.3 is 0 Å². The van der Waals surface area contributed by atoms with Gasteiger partial charge in [0.2, 0.25) is 5.89 Å². The highest BCUT2D eigenvalue weighted by atomic mass is 16.5. The maximum absolute atomic E-state index is 12.0. The molecular formula is C17H24N4O2. The van der Waals surface area contributed by atoms with Gasteiger partial charge in [-0.3, -0.25) is 9.69 Å². The molecule has 0 unspecified atom stereocenters. The average molecular weight is 316 g/mol. The summed E-state index contributed by atoms with van der Waals surface area (Å²) in [6, 6.07) is 0.471. The van der Waals surface area contributed by atoms with E-state index in [0.29, 0.717) is 11.9 Å². The van der Waals surface area contributed by atoms with Gasteiger partial charge in [-0.2, -0.15) is 4.98 Å². The summed E-state index contributed by atoms with van der Waals surface area (Å²) < 4.78 is 5.41. The molecule has 1 aromatic rings. The number of carbonyl (C=O) groups is 1. The molecule has 3 aliphatic rings. The van der Waals surface area contributed by atoms with Crippen molar-refractivity contribution < 1.29 is 9.32 Å². The SMILES string of the molecule is O=C(NC1CC1)c1noc([C@@H]2CCCN2CC2=CCCCC2)n1. The second kappa shape index (κ2) is 6.43. The molecule has 1 saturated carbocycles. The van der Waals surface area contributed by atoms with Crippen molar-refractivity contribution in [2.45, 2.75) is 63.5 Å². The van der Waals surface area contributed by atoms with Crippen LogP contribution in [0.15, 0.2) is 16.2 Å². The fourth-order valence-corrected chi connectivity index (χ4v) is 3.54. The number of rotatable bonds is 5. The van der Waals surface area contributed by atoms with Crippen LogP contribution in [0.4, 0.5) is 0 Å². The first-order valence-electron chi connectivity index (χ1n) is 8.86. The lowest BCUT2D eigenvalue weighted by Crippen LogP contribution is -2.27. The van der Waals surface area contributed by atoms with E-state index in [9.17, 15) is 4.79 Å². The van der Waals surface area contributed by atoms with Crippen molar-refractivity contribution in [3.63, 3.8) is 0 Å². The second-order valence-corrected chi connectivity index (χ2v) is 6.94. The van der Waals surface area contributed by atoms with E-state index in [0.717, 1.165) is 38.8 Å². The maximum Gasteiger partial charge on any atom is 0.292 e. The van der Waals surface area contributed by atoms with Gasteiger partial charge in [-0.1, -0.05) is 16.8 Å². The van der Waals surface area contributed by atoms with Crippen LogP contribution >= 0.6 is 0 Å². The van der Waals surface area contributed by atoms with Crippen LogP contribution in [-0.2, 0) is 0 Å². The number of hydrogen-bond donors (Lipinski definition) is 1. The zero-order valence-electron chi connectivity index (χ0n) is 13.5. The Kier molecular flexibility index (Phi) is 4.16. The molecule has 0 spiro atoms. The van der Waals surface area contributed by atoms with Crippen LogP contribution in [0.25, 0.3) is 0 Å². The van der Waals surface area contributed by atoms with Gasteiger partial charge in [0.25, 0.3) is 11.7 Å². The van der Waals surface area contributed by atoms with Crippen LogP contribution < -0.4 is 5.32 Å². The minimum atomic E-state index is -0.206. The summed E-state index contributed by atoms with van der Waals surface area (Å²) >= 11 is 0. The van der Waals surface area contributed by atoms with Crippen LogP contribution in [0.5, 0.6) is 0 Å². The predicted molar refractivity (Wildman–Crippen MR) is 84.9 cm³/mol. The maximum atomic E-state index is 12.0. The Morgan fingerprint density at radius 3 is 3.00 bits per heavy atom. The third kappa shape index (κ3) is 3.47. The van der Waals surface area contributed by atoms with Gasteiger partial charge in [-0.05, 0) is 57.9 Å². The molecular weight excluding hydrogens is 292 g/mol. The Hall–Kier alpha value is -1.69. The Balaban J connectivity index is 1.42. The highest BCUT2D eigenvalue weighted by molar-refractivity contribution is 5.90. The van der Waals surface area contributed by atoms with E-state index in [1.807, 2.05) is 0 Å². The van der Waals surface area contributed by atoms with Gasteiger partial charge in [0.05, 0.1) is 6.04 Å². The van der Waals surface area contributed by atoms with Crippen LogP contribution in [0.2, 0.25) is 0 Å². The topological polar surface area (TPSA) is 71.3 Å². The first-order chi connectivity index (χ1) is 11.3. The van der Waals surface area contributed by atoms with Crippen molar-refractivity contribution >= 4 is 5.91 Å². The van der Waals surface area contributed by atoms with Crippen LogP contribution in [0.1, 0.15) is 73.9 Å². The molecule has 6 nitrogen and oxygen atoms in total. The summed E-state index contributed by atoms with van der Waals surface area (Å²) in [6.45, 7) is 2.06. The molecule has 1 amide bonds. The number of allylic oxidation sites excluding steroid dienone is 1. The number of hydrogen-bond acceptors (Lipinski definition) is 5. The van der Waals surface area contributed by atoms with Crippen molar-refractivity contribution in [1.29, 1.82) is 0 Å². The summed E-state index contributed by atoms with van der Waals surface area (Å²) in [5, 5.41) is 6.79. The summed E-state index contributed by atoms with van der Waals surface area (Å²) in [7, 11) is 0. The van der Waals surface area contributed by atoms with Crippen molar-refractivity contribution in [1.82, 2.24) is 20.4 Å². The lowest BCUT2D eigenvalue weighted by Gasteiger charge is -2.24. The Morgan fingerprint density at radius 1 is 1.30 bits per heavy atom. The smallest absolute Gasteiger partial charge is 0.292 e. The third-order valence-electron chi connectivity index (χ3n) is 5.00. The lowest BCUT2D eigenvalue weighted by molar-refractivity contribution is 0.0937. The molecule has 23 heavy (non-hydrogen) atoms. The van der Waals surface area contributed by atoms with Gasteiger partial charge in [-0.25, -0.2) is 0 Å². The normalized spacial score (nSPS) is 25.4. The summed E-state index contributed by atoms with van der Waals surface area (Å²) in [5.41, 5.74) is 1.54. The fraction of sp³-hybridized carbons (Fsp3) is 0.706. The van der Waals surface area contributed by atoms with E-state index in [2.05, 4.69) is 26.4 Å². The van der Waals surface area contributed by atoms with Crippen LogP contribution in [-0.4, -0.2) is 40.1 Å². The molecule has 1 saturated heterocycles. The minimum absolute atomic E-state index is 0.160. The zero-order valence-corrected chi connectivity index (χ0v) is 13.5. The van der Waals surface area contributed by atoms with E-state index < -0.39 is 0 Å². The van der Waals surface area contributed by atoms with Crippen molar-refractivity contribution in [2.24, 2.45) is 0 Å². The van der Waals surface area contributed by atoms with Gasteiger partial charge in [0.1, 0.15) is 0 Å². The van der Waals surface area contributed by atoms with Crippen LogP contribution in [0.3, 0.4) is 0 Å². The lowest BCUT2D eigenvalue weighted by atomic mass is 9.99. The molecule has 2 fully saturated rings. The van der Waals surface area contributed by atoms with Gasteiger partial charge < -0.3 is 9.84 Å². The Bertz CT molecular complexity index is 605. The summed E-state index contributed by atoms with van der Waals surface area (Å²) in [4.78, 5) is 18.8. The first-order valence-corrected chi connectivity index (χ1v) is 8.86. The molecule has 124 valence electrons. The van der Waals surface area contributed by atoms with E-state index in [1.165, 1.54) is 31.3 Å². The number of amides is 1. The summed E-state index contributed by atoms with van der Waals surface area (Å²) in [5.74, 6) is 0.567. The molecule has 1 N–H and O–H groups in total.